The lowest BCUT2D eigenvalue weighted by Crippen LogP contribution is -2.74. The van der Waals surface area contributed by atoms with E-state index in [2.05, 4.69) is 4.98 Å². The van der Waals surface area contributed by atoms with Crippen molar-refractivity contribution < 1.29 is 28.5 Å². The van der Waals surface area contributed by atoms with Gasteiger partial charge in [0.15, 0.2) is 17.5 Å². The van der Waals surface area contributed by atoms with Crippen LogP contribution in [0.15, 0.2) is 43.8 Å². The molecule has 0 saturated carbocycles. The van der Waals surface area contributed by atoms with Gasteiger partial charge in [-0.25, -0.2) is 4.98 Å². The first-order chi connectivity index (χ1) is 14.3. The van der Waals surface area contributed by atoms with Gasteiger partial charge in [0.05, 0.1) is 6.20 Å². The minimum Gasteiger partial charge on any atom is -0.587 e. The summed E-state index contributed by atoms with van der Waals surface area (Å²) < 4.78 is 19.7. The molecule has 9 nitrogen and oxygen atoms in total. The maximum atomic E-state index is 12.9. The first-order valence-corrected chi connectivity index (χ1v) is 12.8. The highest BCUT2D eigenvalue weighted by atomic mass is 32.2. The maximum Gasteiger partial charge on any atom is 0.313 e. The Morgan fingerprint density at radius 3 is 2.97 bits per heavy atom. The fourth-order valence-electron chi connectivity index (χ4n) is 3.33. The number of nitrogens with zero attached hydrogens (tertiary/aromatic N) is 3. The number of β-lactam (4-membered cyclic amide) rings is 1. The summed E-state index contributed by atoms with van der Waals surface area (Å²) in [6.45, 7) is 1.30. The largest absolute Gasteiger partial charge is 0.587 e. The zero-order valence-electron chi connectivity index (χ0n) is 15.6. The maximum absolute atomic E-state index is 12.9. The van der Waals surface area contributed by atoms with Crippen molar-refractivity contribution in [2.75, 3.05) is 18.1 Å². The monoisotopic (exact) mass is 487 g/mol. The minimum atomic E-state index is -1.78. The van der Waals surface area contributed by atoms with Gasteiger partial charge in [0.2, 0.25) is 4.21 Å². The van der Waals surface area contributed by atoms with Crippen LogP contribution in [0.25, 0.3) is 0 Å². The molecule has 1 N–H and O–H groups in total. The average molecular weight is 488 g/mol. The second-order valence-electron chi connectivity index (χ2n) is 6.83. The van der Waals surface area contributed by atoms with Crippen LogP contribution in [0.2, 0.25) is 0 Å². The van der Waals surface area contributed by atoms with E-state index in [1.54, 1.807) is 17.5 Å². The van der Waals surface area contributed by atoms with Crippen molar-refractivity contribution in [3.63, 3.8) is 0 Å². The summed E-state index contributed by atoms with van der Waals surface area (Å²) >= 11 is 1.99. The third-order valence-electron chi connectivity index (χ3n) is 4.88. The van der Waals surface area contributed by atoms with Gasteiger partial charge in [-0.05, 0) is 11.4 Å². The normalized spacial score (nSPS) is 26.6. The molecule has 13 heteroatoms. The van der Waals surface area contributed by atoms with Crippen LogP contribution >= 0.6 is 34.9 Å². The number of carbonyl (C=O) groups is 3. The van der Waals surface area contributed by atoms with Gasteiger partial charge < -0.3 is 19.0 Å². The Hall–Kier alpha value is -1.67. The smallest absolute Gasteiger partial charge is 0.313 e. The summed E-state index contributed by atoms with van der Waals surface area (Å²) in [5.74, 6) is -1.38. The van der Waals surface area contributed by atoms with Gasteiger partial charge in [-0.2, -0.15) is 0 Å². The second kappa shape index (κ2) is 8.46. The molecule has 0 aliphatic carbocycles. The molecule has 4 heterocycles. The fraction of sp³-hybridized carbons (Fsp3) is 0.412. The zero-order chi connectivity index (χ0) is 21.5. The molecule has 0 spiro atoms. The molecule has 2 aliphatic rings. The van der Waals surface area contributed by atoms with Crippen molar-refractivity contribution in [1.29, 1.82) is 0 Å². The molecule has 2 saturated heterocycles. The van der Waals surface area contributed by atoms with Crippen LogP contribution < -0.4 is 0 Å². The minimum absolute atomic E-state index is 0.0217. The van der Waals surface area contributed by atoms with Crippen LogP contribution in [-0.2, 0) is 25.7 Å². The molecule has 0 radical (unpaired) electrons. The predicted octanol–water partition coefficient (Wildman–Crippen LogP) is 1.75. The van der Waals surface area contributed by atoms with Gasteiger partial charge in [-0.15, -0.1) is 16.1 Å². The number of carboxylic acid groups (broad SMARTS) is 1. The van der Waals surface area contributed by atoms with E-state index in [0.717, 1.165) is 4.31 Å². The lowest BCUT2D eigenvalue weighted by atomic mass is 9.89. The molecule has 2 aromatic heterocycles. The lowest BCUT2D eigenvalue weighted by Gasteiger charge is -2.54. The highest BCUT2D eigenvalue weighted by Gasteiger charge is 2.62. The number of thiophene rings is 1. The van der Waals surface area contributed by atoms with Crippen LogP contribution in [0.4, 0.5) is 0 Å². The topological polar surface area (TPSA) is 127 Å². The molecular formula is C17H17N3O6S4. The van der Waals surface area contributed by atoms with Crippen LogP contribution in [-0.4, -0.2) is 71.1 Å². The number of oxazole rings is 1. The number of fused-ring (bicyclic) bond motifs is 1. The zero-order valence-corrected chi connectivity index (χ0v) is 18.9. The Labute approximate surface area is 187 Å². The van der Waals surface area contributed by atoms with E-state index in [1.807, 2.05) is 0 Å². The molecule has 2 aliphatic heterocycles. The lowest BCUT2D eigenvalue weighted by molar-refractivity contribution is -0.161. The Morgan fingerprint density at radius 2 is 2.37 bits per heavy atom. The van der Waals surface area contributed by atoms with Gasteiger partial charge >= 0.3 is 5.97 Å². The predicted molar refractivity (Wildman–Crippen MR) is 112 cm³/mol. The van der Waals surface area contributed by atoms with Crippen molar-refractivity contribution in [1.82, 2.24) is 14.2 Å². The molecular weight excluding hydrogens is 470 g/mol. The number of carbonyl (C=O) groups excluding carboxylic acids is 2. The SMILES string of the molecule is CC(=O)N(C1C(=O)N2CC(CSc3cnco3)(C(=O)O)CS[C@H]12)[S+]([O-])c1cccs1. The van der Waals surface area contributed by atoms with Gasteiger partial charge in [0, 0.05) is 31.0 Å². The highest BCUT2D eigenvalue weighted by molar-refractivity contribution is 8.00. The van der Waals surface area contributed by atoms with Gasteiger partial charge in [0.1, 0.15) is 22.2 Å². The van der Waals surface area contributed by atoms with Gasteiger partial charge in [-0.1, -0.05) is 23.1 Å². The number of aromatic nitrogens is 1. The van der Waals surface area contributed by atoms with E-state index < -0.39 is 40.1 Å². The Morgan fingerprint density at radius 1 is 1.57 bits per heavy atom. The number of aliphatic carboxylic acids is 1. The number of thioether (sulfide) groups is 2. The van der Waals surface area contributed by atoms with E-state index in [9.17, 15) is 24.0 Å². The summed E-state index contributed by atoms with van der Waals surface area (Å²) in [7, 11) is 0. The molecule has 3 unspecified atom stereocenters. The Kier molecular flexibility index (Phi) is 6.08. The molecule has 2 amide bonds. The molecule has 4 rings (SSSR count). The van der Waals surface area contributed by atoms with Crippen LogP contribution in [0, 0.1) is 5.41 Å². The number of carboxylic acids is 1. The third-order valence-corrected chi connectivity index (χ3v) is 10.3. The molecule has 160 valence electrons. The molecule has 4 atom stereocenters. The Bertz CT molecular complexity index is 939. The molecule has 0 aromatic carbocycles. The molecule has 0 bridgehead atoms. The fourth-order valence-corrected chi connectivity index (χ4v) is 8.32. The first kappa shape index (κ1) is 21.6. The van der Waals surface area contributed by atoms with Crippen LogP contribution in [0.5, 0.6) is 0 Å². The van der Waals surface area contributed by atoms with E-state index in [0.29, 0.717) is 9.30 Å². The summed E-state index contributed by atoms with van der Waals surface area (Å²) in [6.07, 6.45) is 2.78. The van der Waals surface area contributed by atoms with Crippen LogP contribution in [0.1, 0.15) is 6.92 Å². The van der Waals surface area contributed by atoms with E-state index >= 15 is 0 Å². The standard InChI is InChI=1S/C17H17N3O6S4/c1-10(21)20(30(25)12-3-2-4-27-12)13-14(22)19-6-17(16(23)24,8-29-15(13)19)7-28-11-5-18-9-26-11/h2-5,9,13,15H,6-8H2,1H3,(H,23,24)/t13?,15-,17?,30?/m1/s1. The number of amides is 2. The summed E-state index contributed by atoms with van der Waals surface area (Å²) in [5, 5.41) is 11.7. The molecule has 2 aromatic rings. The average Bonchev–Trinajstić information content (AvgIpc) is 3.43. The van der Waals surface area contributed by atoms with Crippen molar-refractivity contribution in [3.05, 3.63) is 30.1 Å². The van der Waals surface area contributed by atoms with Crippen molar-refractivity contribution >= 4 is 64.0 Å². The van der Waals surface area contributed by atoms with E-state index in [4.69, 9.17) is 4.42 Å². The summed E-state index contributed by atoms with van der Waals surface area (Å²) in [4.78, 5) is 42.5. The van der Waals surface area contributed by atoms with Gasteiger partial charge in [-0.3, -0.25) is 14.4 Å². The third kappa shape index (κ3) is 3.73. The highest BCUT2D eigenvalue weighted by Crippen LogP contribution is 2.46. The quantitative estimate of drug-likeness (QED) is 0.353. The molecule has 2 fully saturated rings. The van der Waals surface area contributed by atoms with E-state index in [1.165, 1.54) is 59.3 Å². The number of rotatable bonds is 7. The van der Waals surface area contributed by atoms with Crippen molar-refractivity contribution in [2.24, 2.45) is 5.41 Å². The van der Waals surface area contributed by atoms with Gasteiger partial charge in [0.25, 0.3) is 11.8 Å². The second-order valence-corrected chi connectivity index (χ2v) is 11.5. The number of hydrogen-bond acceptors (Lipinski definition) is 9. The number of hydrogen-bond donors (Lipinski definition) is 1. The summed E-state index contributed by atoms with van der Waals surface area (Å²) in [6, 6.07) is 2.51. The van der Waals surface area contributed by atoms with Crippen LogP contribution in [0.3, 0.4) is 0 Å². The summed E-state index contributed by atoms with van der Waals surface area (Å²) in [5.41, 5.74) is -1.16. The van der Waals surface area contributed by atoms with E-state index in [-0.39, 0.29) is 24.0 Å². The Balaban J connectivity index is 1.50. The van der Waals surface area contributed by atoms with Crippen molar-refractivity contribution in [2.45, 2.75) is 27.6 Å². The first-order valence-electron chi connectivity index (χ1n) is 8.76. The molecule has 30 heavy (non-hydrogen) atoms. The van der Waals surface area contributed by atoms with Crippen molar-refractivity contribution in [3.8, 4) is 0 Å².